The molecule has 0 aliphatic rings. The first-order chi connectivity index (χ1) is 14.4. The van der Waals surface area contributed by atoms with Crippen LogP contribution in [0, 0.1) is 6.92 Å². The van der Waals surface area contributed by atoms with Crippen LogP contribution >= 0.6 is 0 Å². The molecule has 0 atom stereocenters. The summed E-state index contributed by atoms with van der Waals surface area (Å²) in [6.45, 7) is 2.00. The van der Waals surface area contributed by atoms with Crippen molar-refractivity contribution in [3.8, 4) is 0 Å². The number of H-pyrrole nitrogens is 2. The van der Waals surface area contributed by atoms with Crippen molar-refractivity contribution in [2.45, 2.75) is 13.3 Å². The fraction of sp³-hybridized carbons (Fsp3) is 0.136. The number of aliphatic imine (C=N–C) groups is 1. The Morgan fingerprint density at radius 3 is 2.37 bits per heavy atom. The van der Waals surface area contributed by atoms with Gasteiger partial charge in [-0.25, -0.2) is 9.78 Å². The maximum Gasteiger partial charge on any atom is 0.329 e. The van der Waals surface area contributed by atoms with Crippen LogP contribution in [0.2, 0.25) is 0 Å². The monoisotopic (exact) mass is 401 g/mol. The molecule has 2 aromatic heterocycles. The maximum atomic E-state index is 12.7. The van der Waals surface area contributed by atoms with Gasteiger partial charge in [0.05, 0.1) is 11.4 Å². The molecule has 0 amide bonds. The predicted molar refractivity (Wildman–Crippen MR) is 116 cm³/mol. The highest BCUT2D eigenvalue weighted by atomic mass is 16.2. The van der Waals surface area contributed by atoms with Gasteiger partial charge in [-0.15, -0.1) is 0 Å². The number of benzene rings is 2. The fourth-order valence-corrected chi connectivity index (χ4v) is 3.11. The molecule has 4 aromatic rings. The number of aromatic nitrogens is 4. The molecule has 2 heterocycles. The van der Waals surface area contributed by atoms with E-state index in [4.69, 9.17) is 4.99 Å². The molecule has 0 unspecified atom stereocenters. The second kappa shape index (κ2) is 7.75. The van der Waals surface area contributed by atoms with Gasteiger partial charge in [0.25, 0.3) is 11.1 Å². The van der Waals surface area contributed by atoms with E-state index in [1.807, 2.05) is 61.5 Å². The molecule has 0 bridgehead atoms. The SMILES string of the molecule is Cc1ccc(N=C(Cc2nc3c(=O)[nH]c(=O)n(C)c3[nH]c2=O)c2ccccc2)cc1. The van der Waals surface area contributed by atoms with E-state index in [1.54, 1.807) is 0 Å². The molecule has 8 heteroatoms. The van der Waals surface area contributed by atoms with E-state index in [0.717, 1.165) is 21.4 Å². The van der Waals surface area contributed by atoms with Crippen LogP contribution in [0.3, 0.4) is 0 Å². The van der Waals surface area contributed by atoms with Crippen molar-refractivity contribution >= 4 is 22.6 Å². The molecular formula is C22H19N5O3. The van der Waals surface area contributed by atoms with Gasteiger partial charge in [-0.05, 0) is 24.6 Å². The zero-order chi connectivity index (χ0) is 21.3. The van der Waals surface area contributed by atoms with E-state index >= 15 is 0 Å². The van der Waals surface area contributed by atoms with Crippen LogP contribution in [-0.4, -0.2) is 25.2 Å². The van der Waals surface area contributed by atoms with Crippen molar-refractivity contribution in [1.29, 1.82) is 0 Å². The van der Waals surface area contributed by atoms with Crippen LogP contribution in [0.15, 0.2) is 74.0 Å². The topological polar surface area (TPSA) is 113 Å². The largest absolute Gasteiger partial charge is 0.329 e. The van der Waals surface area contributed by atoms with Crippen LogP contribution in [0.1, 0.15) is 16.8 Å². The van der Waals surface area contributed by atoms with Gasteiger partial charge in [0.2, 0.25) is 0 Å². The summed E-state index contributed by atoms with van der Waals surface area (Å²) >= 11 is 0. The van der Waals surface area contributed by atoms with Crippen molar-refractivity contribution in [2.24, 2.45) is 12.0 Å². The molecule has 150 valence electrons. The van der Waals surface area contributed by atoms with Gasteiger partial charge in [-0.2, -0.15) is 0 Å². The van der Waals surface area contributed by atoms with E-state index in [0.29, 0.717) is 5.71 Å². The molecule has 0 spiro atoms. The summed E-state index contributed by atoms with van der Waals surface area (Å²) < 4.78 is 1.15. The first-order valence-electron chi connectivity index (χ1n) is 9.34. The zero-order valence-corrected chi connectivity index (χ0v) is 16.5. The lowest BCUT2D eigenvalue weighted by Crippen LogP contribution is -2.32. The van der Waals surface area contributed by atoms with E-state index in [9.17, 15) is 14.4 Å². The molecule has 0 saturated carbocycles. The van der Waals surface area contributed by atoms with Gasteiger partial charge in [0, 0.05) is 13.5 Å². The highest BCUT2D eigenvalue weighted by molar-refractivity contribution is 6.03. The zero-order valence-electron chi connectivity index (χ0n) is 16.5. The van der Waals surface area contributed by atoms with Crippen molar-refractivity contribution in [1.82, 2.24) is 19.5 Å². The van der Waals surface area contributed by atoms with Crippen LogP contribution in [-0.2, 0) is 13.5 Å². The normalized spacial score (nSPS) is 11.7. The van der Waals surface area contributed by atoms with Crippen molar-refractivity contribution < 1.29 is 0 Å². The van der Waals surface area contributed by atoms with Gasteiger partial charge in [0.15, 0.2) is 5.52 Å². The molecule has 30 heavy (non-hydrogen) atoms. The number of nitrogens with one attached hydrogen (secondary N) is 2. The Balaban J connectivity index is 1.86. The summed E-state index contributed by atoms with van der Waals surface area (Å²) in [6.07, 6.45) is 0.117. The van der Waals surface area contributed by atoms with Crippen LogP contribution in [0.5, 0.6) is 0 Å². The second-order valence-corrected chi connectivity index (χ2v) is 6.96. The average Bonchev–Trinajstić information content (AvgIpc) is 2.74. The number of hydrogen-bond donors (Lipinski definition) is 2. The van der Waals surface area contributed by atoms with Crippen LogP contribution in [0.25, 0.3) is 11.2 Å². The standard InChI is InChI=1S/C22H19N5O3/c1-13-8-10-15(11-9-13)23-16(14-6-4-3-5-7-14)12-17-20(28)25-19-18(24-17)21(29)26-22(30)27(19)2/h3-11H,12H2,1-2H3,(H,25,28)(H,26,29,30). The van der Waals surface area contributed by atoms with Gasteiger partial charge in [-0.3, -0.25) is 24.1 Å². The summed E-state index contributed by atoms with van der Waals surface area (Å²) in [4.78, 5) is 50.5. The van der Waals surface area contributed by atoms with E-state index in [2.05, 4.69) is 15.0 Å². The lowest BCUT2D eigenvalue weighted by atomic mass is 10.1. The Bertz CT molecular complexity index is 1430. The molecule has 0 radical (unpaired) electrons. The van der Waals surface area contributed by atoms with E-state index in [-0.39, 0.29) is 23.3 Å². The number of fused-ring (bicyclic) bond motifs is 1. The third-order valence-electron chi connectivity index (χ3n) is 4.78. The molecule has 4 rings (SSSR count). The third kappa shape index (κ3) is 3.75. The number of hydrogen-bond acceptors (Lipinski definition) is 5. The molecule has 2 N–H and O–H groups in total. The highest BCUT2D eigenvalue weighted by Gasteiger charge is 2.14. The lowest BCUT2D eigenvalue weighted by molar-refractivity contribution is 0.817. The van der Waals surface area contributed by atoms with Crippen LogP contribution < -0.4 is 16.8 Å². The Morgan fingerprint density at radius 2 is 1.67 bits per heavy atom. The van der Waals surface area contributed by atoms with Crippen molar-refractivity contribution in [3.63, 3.8) is 0 Å². The Kier molecular flexibility index (Phi) is 4.97. The van der Waals surface area contributed by atoms with Gasteiger partial charge in [0.1, 0.15) is 11.3 Å². The minimum Gasteiger partial charge on any atom is -0.305 e. The Hall–Kier alpha value is -4.07. The molecule has 2 aromatic carbocycles. The summed E-state index contributed by atoms with van der Waals surface area (Å²) in [5.74, 6) is 0. The summed E-state index contributed by atoms with van der Waals surface area (Å²) in [5, 5.41) is 0. The molecule has 0 aliphatic carbocycles. The smallest absolute Gasteiger partial charge is 0.305 e. The number of aromatic amines is 2. The van der Waals surface area contributed by atoms with Crippen LogP contribution in [0.4, 0.5) is 5.69 Å². The predicted octanol–water partition coefficient (Wildman–Crippen LogP) is 1.98. The molecule has 0 fully saturated rings. The molecule has 0 aliphatic heterocycles. The quantitative estimate of drug-likeness (QED) is 0.509. The summed E-state index contributed by atoms with van der Waals surface area (Å²) in [5.41, 5.74) is 1.81. The van der Waals surface area contributed by atoms with E-state index < -0.39 is 16.8 Å². The number of aryl methyl sites for hydroxylation is 2. The van der Waals surface area contributed by atoms with Crippen molar-refractivity contribution in [3.05, 3.63) is 103 Å². The first kappa shape index (κ1) is 19.3. The lowest BCUT2D eigenvalue weighted by Gasteiger charge is -2.09. The summed E-state index contributed by atoms with van der Waals surface area (Å²) in [6, 6.07) is 17.2. The van der Waals surface area contributed by atoms with Gasteiger partial charge >= 0.3 is 5.69 Å². The summed E-state index contributed by atoms with van der Waals surface area (Å²) in [7, 11) is 1.45. The maximum absolute atomic E-state index is 12.7. The molecular weight excluding hydrogens is 382 g/mol. The third-order valence-corrected chi connectivity index (χ3v) is 4.78. The highest BCUT2D eigenvalue weighted by Crippen LogP contribution is 2.16. The first-order valence-corrected chi connectivity index (χ1v) is 9.34. The van der Waals surface area contributed by atoms with Gasteiger partial charge < -0.3 is 4.98 Å². The molecule has 0 saturated heterocycles. The van der Waals surface area contributed by atoms with Gasteiger partial charge in [-0.1, -0.05) is 48.0 Å². The minimum absolute atomic E-state index is 0.00514. The Morgan fingerprint density at radius 1 is 0.967 bits per heavy atom. The molecule has 8 nitrogen and oxygen atoms in total. The number of nitrogens with zero attached hydrogens (tertiary/aromatic N) is 3. The van der Waals surface area contributed by atoms with Crippen molar-refractivity contribution in [2.75, 3.05) is 0 Å². The second-order valence-electron chi connectivity index (χ2n) is 6.96. The number of rotatable bonds is 4. The van der Waals surface area contributed by atoms with E-state index in [1.165, 1.54) is 7.05 Å². The Labute approximate surface area is 170 Å². The average molecular weight is 401 g/mol. The fourth-order valence-electron chi connectivity index (χ4n) is 3.11. The minimum atomic E-state index is -0.651.